The number of aliphatic imine (C=N–C) groups is 1. The summed E-state index contributed by atoms with van der Waals surface area (Å²) in [4.78, 5) is 13.5. The van der Waals surface area contributed by atoms with E-state index in [-0.39, 0.29) is 24.0 Å². The molecule has 4 rings (SSSR count). The third-order valence-electron chi connectivity index (χ3n) is 6.28. The number of benzene rings is 1. The van der Waals surface area contributed by atoms with Gasteiger partial charge in [-0.25, -0.2) is 4.98 Å². The van der Waals surface area contributed by atoms with Gasteiger partial charge in [-0.2, -0.15) is 0 Å². The maximum atomic E-state index is 4.57. The number of nitrogens with one attached hydrogen (secondary N) is 1. The van der Waals surface area contributed by atoms with Gasteiger partial charge in [-0.1, -0.05) is 19.1 Å². The minimum absolute atomic E-state index is 0. The minimum atomic E-state index is 0. The van der Waals surface area contributed by atoms with Crippen LogP contribution in [0.2, 0.25) is 0 Å². The highest BCUT2D eigenvalue weighted by molar-refractivity contribution is 14.0. The van der Waals surface area contributed by atoms with Gasteiger partial charge in [0.05, 0.1) is 12.4 Å². The van der Waals surface area contributed by atoms with Crippen LogP contribution in [0, 0.1) is 5.92 Å². The zero-order valence-electron chi connectivity index (χ0n) is 17.7. The molecule has 2 atom stereocenters. The van der Waals surface area contributed by atoms with Crippen LogP contribution in [-0.4, -0.2) is 54.1 Å². The van der Waals surface area contributed by atoms with Crippen LogP contribution in [0.3, 0.4) is 0 Å². The number of imidazole rings is 1. The SMILES string of the molecule is CN=C(NCc1ccc2c(c1)CCCN2C)N1CCC(C)C(n2ccnc2)C1.I. The fourth-order valence-corrected chi connectivity index (χ4v) is 4.56. The zero-order chi connectivity index (χ0) is 19.5. The molecule has 2 aliphatic rings. The summed E-state index contributed by atoms with van der Waals surface area (Å²) in [7, 11) is 4.07. The Bertz CT molecular complexity index is 819. The topological polar surface area (TPSA) is 48.7 Å². The summed E-state index contributed by atoms with van der Waals surface area (Å²) in [5.41, 5.74) is 4.18. The Kier molecular flexibility index (Phi) is 7.43. The smallest absolute Gasteiger partial charge is 0.193 e. The number of aryl methyl sites for hydroxylation is 1. The summed E-state index contributed by atoms with van der Waals surface area (Å²) >= 11 is 0. The van der Waals surface area contributed by atoms with Crippen LogP contribution in [-0.2, 0) is 13.0 Å². The van der Waals surface area contributed by atoms with Crippen LogP contribution in [0.15, 0.2) is 41.9 Å². The molecule has 0 amide bonds. The lowest BCUT2D eigenvalue weighted by atomic mass is 9.93. The zero-order valence-corrected chi connectivity index (χ0v) is 20.0. The molecule has 0 saturated carbocycles. The number of likely N-dealkylation sites (tertiary alicyclic amines) is 1. The van der Waals surface area contributed by atoms with Gasteiger partial charge in [-0.3, -0.25) is 4.99 Å². The first-order valence-electron chi connectivity index (χ1n) is 10.4. The van der Waals surface area contributed by atoms with Crippen molar-refractivity contribution in [1.29, 1.82) is 0 Å². The van der Waals surface area contributed by atoms with Crippen molar-refractivity contribution in [2.45, 2.75) is 38.8 Å². The molecule has 3 heterocycles. The Morgan fingerprint density at radius 2 is 2.17 bits per heavy atom. The minimum Gasteiger partial charge on any atom is -0.374 e. The molecule has 29 heavy (non-hydrogen) atoms. The molecule has 2 unspecified atom stereocenters. The Labute approximate surface area is 191 Å². The number of guanidine groups is 1. The fraction of sp³-hybridized carbons (Fsp3) is 0.545. The van der Waals surface area contributed by atoms with E-state index in [2.05, 4.69) is 68.0 Å². The van der Waals surface area contributed by atoms with E-state index < -0.39 is 0 Å². The van der Waals surface area contributed by atoms with E-state index in [1.165, 1.54) is 29.7 Å². The van der Waals surface area contributed by atoms with Gasteiger partial charge in [-0.05, 0) is 42.4 Å². The Balaban J connectivity index is 0.00000240. The molecule has 6 nitrogen and oxygen atoms in total. The summed E-state index contributed by atoms with van der Waals surface area (Å²) < 4.78 is 2.24. The average molecular weight is 508 g/mol. The molecule has 1 saturated heterocycles. The van der Waals surface area contributed by atoms with Crippen LogP contribution in [0.25, 0.3) is 0 Å². The maximum Gasteiger partial charge on any atom is 0.193 e. The number of halogens is 1. The number of fused-ring (bicyclic) bond motifs is 1. The maximum absolute atomic E-state index is 4.57. The number of hydrogen-bond acceptors (Lipinski definition) is 3. The number of aromatic nitrogens is 2. The summed E-state index contributed by atoms with van der Waals surface area (Å²) in [6.45, 7) is 6.31. The quantitative estimate of drug-likeness (QED) is 0.392. The van der Waals surface area contributed by atoms with Gasteiger partial charge >= 0.3 is 0 Å². The predicted octanol–water partition coefficient (Wildman–Crippen LogP) is 3.54. The van der Waals surface area contributed by atoms with Gasteiger partial charge in [0.1, 0.15) is 0 Å². The molecule has 1 aromatic carbocycles. The van der Waals surface area contributed by atoms with E-state index >= 15 is 0 Å². The highest BCUT2D eigenvalue weighted by atomic mass is 127. The molecular formula is C22H33IN6. The largest absolute Gasteiger partial charge is 0.374 e. The van der Waals surface area contributed by atoms with Gasteiger partial charge in [-0.15, -0.1) is 24.0 Å². The van der Waals surface area contributed by atoms with E-state index in [0.717, 1.165) is 38.6 Å². The van der Waals surface area contributed by atoms with Crippen LogP contribution in [0.1, 0.15) is 36.9 Å². The van der Waals surface area contributed by atoms with E-state index in [9.17, 15) is 0 Å². The second-order valence-electron chi connectivity index (χ2n) is 8.18. The van der Waals surface area contributed by atoms with Crippen molar-refractivity contribution in [2.75, 3.05) is 38.6 Å². The van der Waals surface area contributed by atoms with Crippen molar-refractivity contribution < 1.29 is 0 Å². The van der Waals surface area contributed by atoms with Crippen LogP contribution in [0.4, 0.5) is 5.69 Å². The number of piperidine rings is 1. The molecule has 0 spiro atoms. The monoisotopic (exact) mass is 508 g/mol. The molecule has 7 heteroatoms. The first kappa shape index (κ1) is 21.9. The molecule has 1 aromatic heterocycles. The Morgan fingerprint density at radius 3 is 2.93 bits per heavy atom. The van der Waals surface area contributed by atoms with Crippen LogP contribution >= 0.6 is 24.0 Å². The predicted molar refractivity (Wildman–Crippen MR) is 130 cm³/mol. The molecule has 2 aromatic rings. The number of rotatable bonds is 3. The van der Waals surface area contributed by atoms with Gasteiger partial charge in [0.25, 0.3) is 0 Å². The molecule has 158 valence electrons. The van der Waals surface area contributed by atoms with Gasteiger partial charge in [0, 0.05) is 58.4 Å². The van der Waals surface area contributed by atoms with Crippen molar-refractivity contribution in [3.05, 3.63) is 48.0 Å². The number of hydrogen-bond donors (Lipinski definition) is 1. The van der Waals surface area contributed by atoms with E-state index in [1.54, 1.807) is 0 Å². The lowest BCUT2D eigenvalue weighted by molar-refractivity contribution is 0.189. The van der Waals surface area contributed by atoms with Crippen molar-refractivity contribution in [3.63, 3.8) is 0 Å². The second kappa shape index (κ2) is 9.82. The standard InChI is InChI=1S/C22H32N6.HI/c1-17-8-11-27(15-21(17)28-12-9-24-16-28)22(23-2)25-14-18-6-7-20-19(13-18)5-4-10-26(20)3;/h6-7,9,12-13,16-17,21H,4-5,8,10-11,14-15H2,1-3H3,(H,23,25);1H. The van der Waals surface area contributed by atoms with Gasteiger partial charge in [0.2, 0.25) is 0 Å². The summed E-state index contributed by atoms with van der Waals surface area (Å²) in [6.07, 6.45) is 9.46. The Hall–Kier alpha value is -1.77. The van der Waals surface area contributed by atoms with E-state index in [0.29, 0.717) is 12.0 Å². The van der Waals surface area contributed by atoms with Crippen molar-refractivity contribution in [3.8, 4) is 0 Å². The first-order valence-corrected chi connectivity index (χ1v) is 10.4. The fourth-order valence-electron chi connectivity index (χ4n) is 4.56. The lowest BCUT2D eigenvalue weighted by Gasteiger charge is -2.39. The van der Waals surface area contributed by atoms with Gasteiger partial charge in [0.15, 0.2) is 5.96 Å². The normalized spacial score (nSPS) is 22.1. The van der Waals surface area contributed by atoms with Crippen molar-refractivity contribution >= 4 is 35.6 Å². The molecule has 2 aliphatic heterocycles. The highest BCUT2D eigenvalue weighted by Gasteiger charge is 2.28. The third kappa shape index (κ3) is 4.87. The third-order valence-corrected chi connectivity index (χ3v) is 6.28. The first-order chi connectivity index (χ1) is 13.7. The van der Waals surface area contributed by atoms with Crippen LogP contribution in [0.5, 0.6) is 0 Å². The molecule has 0 radical (unpaired) electrons. The summed E-state index contributed by atoms with van der Waals surface area (Å²) in [5.74, 6) is 1.63. The van der Waals surface area contributed by atoms with E-state index in [4.69, 9.17) is 0 Å². The lowest BCUT2D eigenvalue weighted by Crippen LogP contribution is -2.48. The Morgan fingerprint density at radius 1 is 1.31 bits per heavy atom. The summed E-state index contributed by atoms with van der Waals surface area (Å²) in [5, 5.41) is 3.59. The highest BCUT2D eigenvalue weighted by Crippen LogP contribution is 2.28. The molecule has 1 fully saturated rings. The molecule has 0 bridgehead atoms. The molecule has 0 aliphatic carbocycles. The van der Waals surface area contributed by atoms with Crippen molar-refractivity contribution in [1.82, 2.24) is 19.8 Å². The average Bonchev–Trinajstić information content (AvgIpc) is 3.24. The second-order valence-corrected chi connectivity index (χ2v) is 8.18. The van der Waals surface area contributed by atoms with Crippen LogP contribution < -0.4 is 10.2 Å². The number of nitrogens with zero attached hydrogens (tertiary/aromatic N) is 5. The van der Waals surface area contributed by atoms with Gasteiger partial charge < -0.3 is 19.7 Å². The summed E-state index contributed by atoms with van der Waals surface area (Å²) in [6, 6.07) is 7.31. The van der Waals surface area contributed by atoms with E-state index in [1.807, 2.05) is 19.6 Å². The molecule has 1 N–H and O–H groups in total. The molecular weight excluding hydrogens is 475 g/mol. The number of anilines is 1. The van der Waals surface area contributed by atoms with Crippen molar-refractivity contribution in [2.24, 2.45) is 10.9 Å².